The fourth-order valence-electron chi connectivity index (χ4n) is 4.41. The predicted octanol–water partition coefficient (Wildman–Crippen LogP) is 8.42. The molecular formula is C32H35ClFN3O3. The third-order valence-corrected chi connectivity index (χ3v) is 6.83. The highest BCUT2D eigenvalue weighted by molar-refractivity contribution is 6.30. The van der Waals surface area contributed by atoms with Crippen molar-refractivity contribution in [3.8, 4) is 0 Å². The van der Waals surface area contributed by atoms with Gasteiger partial charge in [-0.15, -0.1) is 0 Å². The molecule has 0 aliphatic carbocycles. The molecule has 1 heterocycles. The van der Waals surface area contributed by atoms with Crippen LogP contribution in [0.5, 0.6) is 0 Å². The Hall–Kier alpha value is -3.97. The number of nitrogens with zero attached hydrogens (tertiary/aromatic N) is 3. The van der Waals surface area contributed by atoms with Crippen LogP contribution >= 0.6 is 11.6 Å². The molecule has 2 aromatic rings. The number of rotatable bonds is 12. The highest BCUT2D eigenvalue weighted by Crippen LogP contribution is 2.35. The van der Waals surface area contributed by atoms with Crippen LogP contribution in [0.3, 0.4) is 0 Å². The summed E-state index contributed by atoms with van der Waals surface area (Å²) in [7, 11) is 1.86. The fourth-order valence-corrected chi connectivity index (χ4v) is 4.47. The van der Waals surface area contributed by atoms with Crippen molar-refractivity contribution in [2.24, 2.45) is 10.1 Å². The van der Waals surface area contributed by atoms with Gasteiger partial charge in [-0.1, -0.05) is 60.3 Å². The Labute approximate surface area is 240 Å². The van der Waals surface area contributed by atoms with Crippen molar-refractivity contribution in [3.05, 3.63) is 101 Å². The van der Waals surface area contributed by atoms with E-state index in [1.54, 1.807) is 24.3 Å². The molecule has 1 N–H and O–H groups in total. The maximum Gasteiger partial charge on any atom is 0.303 e. The number of hydrogen-bond donors (Lipinski definition) is 1. The maximum atomic E-state index is 13.6. The SMILES string of the molecule is C=Cc1ccc(C2=NOC(C)(C(/C=C/C(=C)Cl)=C/C)C2)cc1N=C(CCCCC(=O)O)N(C)c1ccc(F)cc1. The quantitative estimate of drug-likeness (QED) is 0.122. The summed E-state index contributed by atoms with van der Waals surface area (Å²) in [5.41, 5.74) is 4.20. The average Bonchev–Trinajstić information content (AvgIpc) is 3.33. The van der Waals surface area contributed by atoms with E-state index in [1.807, 2.05) is 56.1 Å². The van der Waals surface area contributed by atoms with Gasteiger partial charge in [0, 0.05) is 42.6 Å². The Morgan fingerprint density at radius 1 is 1.23 bits per heavy atom. The first-order valence-electron chi connectivity index (χ1n) is 13.1. The standard InChI is InChI=1S/C32H35ClFN3O3/c1-6-23-13-14-24(29-21-32(4,40-36-29)25(7-2)15-12-22(3)33)20-28(23)35-30(10-8-9-11-31(38)39)37(5)27-18-16-26(34)17-19-27/h6-7,12-20H,1,3,8-11,21H2,2,4-5H3,(H,38,39)/b15-12+,25-7+,35-30?. The fraction of sp³-hybridized carbons (Fsp3) is 0.281. The van der Waals surface area contributed by atoms with Crippen molar-refractivity contribution in [2.75, 3.05) is 11.9 Å². The van der Waals surface area contributed by atoms with Gasteiger partial charge in [0.15, 0.2) is 5.60 Å². The summed E-state index contributed by atoms with van der Waals surface area (Å²) >= 11 is 5.92. The van der Waals surface area contributed by atoms with Gasteiger partial charge >= 0.3 is 5.97 Å². The van der Waals surface area contributed by atoms with E-state index in [4.69, 9.17) is 26.5 Å². The number of oxime groups is 1. The van der Waals surface area contributed by atoms with E-state index in [9.17, 15) is 9.18 Å². The molecule has 40 heavy (non-hydrogen) atoms. The van der Waals surface area contributed by atoms with Crippen molar-refractivity contribution in [1.82, 2.24) is 0 Å². The molecule has 6 nitrogen and oxygen atoms in total. The second kappa shape index (κ2) is 13.9. The molecule has 0 bridgehead atoms. The Balaban J connectivity index is 1.95. The molecule has 0 spiro atoms. The lowest BCUT2D eigenvalue weighted by atomic mass is 9.88. The zero-order chi connectivity index (χ0) is 29.3. The first kappa shape index (κ1) is 30.6. The van der Waals surface area contributed by atoms with Crippen LogP contribution in [-0.2, 0) is 9.63 Å². The van der Waals surface area contributed by atoms with Gasteiger partial charge in [-0.3, -0.25) is 4.79 Å². The van der Waals surface area contributed by atoms with E-state index in [0.717, 1.165) is 28.1 Å². The number of allylic oxidation sites excluding steroid dienone is 3. The van der Waals surface area contributed by atoms with Crippen molar-refractivity contribution in [2.45, 2.75) is 51.6 Å². The second-order valence-electron chi connectivity index (χ2n) is 9.70. The van der Waals surface area contributed by atoms with Gasteiger partial charge in [0.1, 0.15) is 11.7 Å². The van der Waals surface area contributed by atoms with Gasteiger partial charge < -0.3 is 14.8 Å². The molecule has 0 fully saturated rings. The minimum absolute atomic E-state index is 0.0852. The molecule has 1 atom stereocenters. The number of aliphatic imine (C=N–C) groups is 1. The number of aliphatic carboxylic acids is 1. The molecule has 0 saturated carbocycles. The van der Waals surface area contributed by atoms with Crippen molar-refractivity contribution >= 4 is 46.6 Å². The van der Waals surface area contributed by atoms with Crippen LogP contribution in [-0.4, -0.2) is 35.3 Å². The smallest absolute Gasteiger partial charge is 0.303 e. The molecule has 3 rings (SSSR count). The summed E-state index contributed by atoms with van der Waals surface area (Å²) in [5.74, 6) is -0.438. The highest BCUT2D eigenvalue weighted by atomic mass is 35.5. The summed E-state index contributed by atoms with van der Waals surface area (Å²) in [4.78, 5) is 23.8. The van der Waals surface area contributed by atoms with Crippen molar-refractivity contribution in [1.29, 1.82) is 0 Å². The normalized spacial score (nSPS) is 17.5. The van der Waals surface area contributed by atoms with Crippen molar-refractivity contribution < 1.29 is 19.1 Å². The van der Waals surface area contributed by atoms with Crippen LogP contribution in [0.2, 0.25) is 0 Å². The summed E-state index contributed by atoms with van der Waals surface area (Å²) in [5, 5.41) is 13.9. The number of anilines is 1. The number of halogens is 2. The van der Waals surface area contributed by atoms with Crippen LogP contribution in [0, 0.1) is 5.82 Å². The summed E-state index contributed by atoms with van der Waals surface area (Å²) in [6.45, 7) is 11.6. The average molecular weight is 564 g/mol. The van der Waals surface area contributed by atoms with E-state index in [2.05, 4.69) is 18.3 Å². The molecule has 1 unspecified atom stereocenters. The number of unbranched alkanes of at least 4 members (excludes halogenated alkanes) is 1. The molecule has 210 valence electrons. The molecule has 1 aliphatic heterocycles. The number of carboxylic acid groups (broad SMARTS) is 1. The van der Waals surface area contributed by atoms with E-state index in [1.165, 1.54) is 12.1 Å². The molecule has 2 aromatic carbocycles. The summed E-state index contributed by atoms with van der Waals surface area (Å²) in [6, 6.07) is 12.0. The Bertz CT molecular complexity index is 1380. The minimum Gasteiger partial charge on any atom is -0.481 e. The van der Waals surface area contributed by atoms with Crippen LogP contribution < -0.4 is 4.90 Å². The molecule has 0 radical (unpaired) electrons. The lowest BCUT2D eigenvalue weighted by Crippen LogP contribution is -2.27. The lowest BCUT2D eigenvalue weighted by molar-refractivity contribution is -0.137. The number of benzene rings is 2. The Morgan fingerprint density at radius 3 is 2.55 bits per heavy atom. The van der Waals surface area contributed by atoms with Gasteiger partial charge in [0.25, 0.3) is 0 Å². The number of carbonyl (C=O) groups is 1. The monoisotopic (exact) mass is 563 g/mol. The first-order chi connectivity index (χ1) is 19.1. The van der Waals surface area contributed by atoms with Crippen LogP contribution in [0.15, 0.2) is 94.6 Å². The third kappa shape index (κ3) is 8.02. The second-order valence-corrected chi connectivity index (χ2v) is 10.2. The molecule has 8 heteroatoms. The Kier molecular flexibility index (Phi) is 10.6. The van der Waals surface area contributed by atoms with Crippen LogP contribution in [0.25, 0.3) is 6.08 Å². The number of amidine groups is 1. The molecule has 1 aliphatic rings. The maximum absolute atomic E-state index is 13.6. The predicted molar refractivity (Wildman–Crippen MR) is 163 cm³/mol. The topological polar surface area (TPSA) is 74.5 Å². The largest absolute Gasteiger partial charge is 0.481 e. The molecule has 0 amide bonds. The van der Waals surface area contributed by atoms with Crippen molar-refractivity contribution in [3.63, 3.8) is 0 Å². The van der Waals surface area contributed by atoms with E-state index < -0.39 is 11.6 Å². The van der Waals surface area contributed by atoms with Gasteiger partial charge in [-0.25, -0.2) is 9.38 Å². The van der Waals surface area contributed by atoms with E-state index >= 15 is 0 Å². The van der Waals surface area contributed by atoms with Gasteiger partial charge in [-0.05, 0) is 74.2 Å². The molecular weight excluding hydrogens is 529 g/mol. The van der Waals surface area contributed by atoms with Crippen LogP contribution in [0.1, 0.15) is 57.1 Å². The molecule has 0 saturated heterocycles. The van der Waals surface area contributed by atoms with Crippen LogP contribution in [0.4, 0.5) is 15.8 Å². The van der Waals surface area contributed by atoms with Gasteiger partial charge in [0.05, 0.1) is 11.4 Å². The number of carboxylic acids is 1. The van der Waals surface area contributed by atoms with E-state index in [-0.39, 0.29) is 12.2 Å². The minimum atomic E-state index is -0.831. The molecule has 0 aromatic heterocycles. The third-order valence-electron chi connectivity index (χ3n) is 6.70. The van der Waals surface area contributed by atoms with Gasteiger partial charge in [0.2, 0.25) is 0 Å². The number of hydrogen-bond acceptors (Lipinski definition) is 4. The van der Waals surface area contributed by atoms with Gasteiger partial charge in [-0.2, -0.15) is 0 Å². The van der Waals surface area contributed by atoms with E-state index in [0.29, 0.717) is 42.2 Å². The summed E-state index contributed by atoms with van der Waals surface area (Å²) < 4.78 is 13.6. The first-order valence-corrected chi connectivity index (χ1v) is 13.4. The zero-order valence-electron chi connectivity index (χ0n) is 23.2. The Morgan fingerprint density at radius 2 is 1.93 bits per heavy atom. The summed E-state index contributed by atoms with van der Waals surface area (Å²) in [6.07, 6.45) is 9.62. The highest BCUT2D eigenvalue weighted by Gasteiger charge is 2.37. The lowest BCUT2D eigenvalue weighted by Gasteiger charge is -2.23. The zero-order valence-corrected chi connectivity index (χ0v) is 23.9.